The number of hydrogen-bond acceptors (Lipinski definition) is 6. The molecule has 0 amide bonds. The van der Waals surface area contributed by atoms with Gasteiger partial charge in [0.15, 0.2) is 0 Å². The van der Waals surface area contributed by atoms with Crippen molar-refractivity contribution in [2.75, 3.05) is 36.8 Å². The van der Waals surface area contributed by atoms with Crippen LogP contribution in [0.1, 0.15) is 24.3 Å². The molecular formula is C14H21N5S. The van der Waals surface area contributed by atoms with Gasteiger partial charge in [0.2, 0.25) is 5.95 Å². The van der Waals surface area contributed by atoms with Crippen molar-refractivity contribution < 1.29 is 0 Å². The van der Waals surface area contributed by atoms with Crippen LogP contribution in [0.2, 0.25) is 0 Å². The molecule has 3 N–H and O–H groups in total. The van der Waals surface area contributed by atoms with E-state index in [2.05, 4.69) is 29.0 Å². The summed E-state index contributed by atoms with van der Waals surface area (Å²) >= 11 is 1.77. The Bertz CT molecular complexity index is 616. The average molecular weight is 291 g/mol. The second-order valence-corrected chi connectivity index (χ2v) is 6.12. The van der Waals surface area contributed by atoms with Crippen molar-refractivity contribution in [3.8, 4) is 0 Å². The smallest absolute Gasteiger partial charge is 0.228 e. The van der Waals surface area contributed by atoms with E-state index in [1.165, 1.54) is 10.4 Å². The maximum Gasteiger partial charge on any atom is 0.228 e. The lowest BCUT2D eigenvalue weighted by molar-refractivity contribution is 0.581. The van der Waals surface area contributed by atoms with Gasteiger partial charge in [-0.1, -0.05) is 13.8 Å². The van der Waals surface area contributed by atoms with Gasteiger partial charge in [0.05, 0.1) is 5.39 Å². The van der Waals surface area contributed by atoms with Crippen LogP contribution < -0.4 is 16.0 Å². The molecule has 1 saturated heterocycles. The number of fused-ring (bicyclic) bond motifs is 1. The third kappa shape index (κ3) is 2.23. The topological polar surface area (TPSA) is 67.1 Å². The number of anilines is 2. The standard InChI is InChI=1S/C14H21N5S/c1-3-9-10(4-2)20-13-11(9)12(15)17-14(18-13)19-7-5-16-6-8-19/h16H,3-8H2,1-2H3,(H2,15,17,18). The lowest BCUT2D eigenvalue weighted by Crippen LogP contribution is -2.44. The van der Waals surface area contributed by atoms with Gasteiger partial charge >= 0.3 is 0 Å². The summed E-state index contributed by atoms with van der Waals surface area (Å²) in [6.45, 7) is 8.20. The zero-order valence-electron chi connectivity index (χ0n) is 12.1. The summed E-state index contributed by atoms with van der Waals surface area (Å²) in [6.07, 6.45) is 2.02. The van der Waals surface area contributed by atoms with Crippen LogP contribution in [0.4, 0.5) is 11.8 Å². The molecule has 3 rings (SSSR count). The molecule has 20 heavy (non-hydrogen) atoms. The van der Waals surface area contributed by atoms with Crippen molar-refractivity contribution in [2.45, 2.75) is 26.7 Å². The first-order chi connectivity index (χ1) is 9.74. The predicted octanol–water partition coefficient (Wildman–Crippen LogP) is 1.81. The van der Waals surface area contributed by atoms with E-state index in [0.29, 0.717) is 5.82 Å². The Balaban J connectivity index is 2.09. The van der Waals surface area contributed by atoms with Gasteiger partial charge in [0.25, 0.3) is 0 Å². The molecule has 0 aromatic carbocycles. The molecule has 5 nitrogen and oxygen atoms in total. The Morgan fingerprint density at radius 2 is 1.95 bits per heavy atom. The van der Waals surface area contributed by atoms with Gasteiger partial charge in [-0.15, -0.1) is 11.3 Å². The fourth-order valence-corrected chi connectivity index (χ4v) is 3.99. The van der Waals surface area contributed by atoms with Gasteiger partial charge in [-0.3, -0.25) is 0 Å². The lowest BCUT2D eigenvalue weighted by atomic mass is 10.1. The van der Waals surface area contributed by atoms with E-state index in [0.717, 1.165) is 55.2 Å². The third-order valence-corrected chi connectivity index (χ3v) is 5.09. The van der Waals surface area contributed by atoms with Crippen molar-refractivity contribution in [3.05, 3.63) is 10.4 Å². The quantitative estimate of drug-likeness (QED) is 0.903. The Kier molecular flexibility index (Phi) is 3.76. The highest BCUT2D eigenvalue weighted by atomic mass is 32.1. The second-order valence-electron chi connectivity index (χ2n) is 5.04. The molecule has 0 atom stereocenters. The van der Waals surface area contributed by atoms with Crippen molar-refractivity contribution in [1.29, 1.82) is 0 Å². The summed E-state index contributed by atoms with van der Waals surface area (Å²) in [5, 5.41) is 4.42. The minimum absolute atomic E-state index is 0.635. The zero-order chi connectivity index (χ0) is 14.1. The molecule has 0 unspecified atom stereocenters. The SMILES string of the molecule is CCc1sc2nc(N3CCNCC3)nc(N)c2c1CC. The van der Waals surface area contributed by atoms with Gasteiger partial charge in [0.1, 0.15) is 10.6 Å². The summed E-state index contributed by atoms with van der Waals surface area (Å²) in [5.41, 5.74) is 7.55. The molecule has 1 fully saturated rings. The molecule has 0 bridgehead atoms. The molecule has 108 valence electrons. The van der Waals surface area contributed by atoms with E-state index >= 15 is 0 Å². The number of rotatable bonds is 3. The van der Waals surface area contributed by atoms with E-state index in [-0.39, 0.29) is 0 Å². The number of nitrogens with one attached hydrogen (secondary N) is 1. The molecule has 3 heterocycles. The molecule has 0 aliphatic carbocycles. The fraction of sp³-hybridized carbons (Fsp3) is 0.571. The average Bonchev–Trinajstić information content (AvgIpc) is 2.86. The molecule has 1 aliphatic heterocycles. The number of nitrogens with two attached hydrogens (primary N) is 1. The van der Waals surface area contributed by atoms with Crippen molar-refractivity contribution in [2.24, 2.45) is 0 Å². The first-order valence-corrected chi connectivity index (χ1v) is 8.09. The minimum Gasteiger partial charge on any atom is -0.383 e. The number of nitrogen functional groups attached to an aromatic ring is 1. The van der Waals surface area contributed by atoms with E-state index in [1.54, 1.807) is 11.3 Å². The van der Waals surface area contributed by atoms with E-state index in [4.69, 9.17) is 10.7 Å². The molecule has 6 heteroatoms. The Morgan fingerprint density at radius 1 is 1.20 bits per heavy atom. The first-order valence-electron chi connectivity index (χ1n) is 7.28. The molecular weight excluding hydrogens is 270 g/mol. The highest BCUT2D eigenvalue weighted by molar-refractivity contribution is 7.19. The molecule has 2 aromatic heterocycles. The number of aromatic nitrogens is 2. The van der Waals surface area contributed by atoms with E-state index in [9.17, 15) is 0 Å². The molecule has 0 saturated carbocycles. The van der Waals surface area contributed by atoms with Crippen LogP contribution in [0.15, 0.2) is 0 Å². The highest BCUT2D eigenvalue weighted by Gasteiger charge is 2.19. The number of hydrogen-bond donors (Lipinski definition) is 2. The van der Waals surface area contributed by atoms with Gasteiger partial charge < -0.3 is 16.0 Å². The molecule has 2 aromatic rings. The third-order valence-electron chi connectivity index (χ3n) is 3.82. The van der Waals surface area contributed by atoms with Gasteiger partial charge in [0, 0.05) is 31.1 Å². The van der Waals surface area contributed by atoms with Crippen LogP contribution >= 0.6 is 11.3 Å². The summed E-state index contributed by atoms with van der Waals surface area (Å²) in [7, 11) is 0. The second kappa shape index (κ2) is 5.54. The Hall–Kier alpha value is -1.40. The minimum atomic E-state index is 0.635. The van der Waals surface area contributed by atoms with Crippen molar-refractivity contribution in [1.82, 2.24) is 15.3 Å². The van der Waals surface area contributed by atoms with Crippen LogP contribution in [-0.4, -0.2) is 36.1 Å². The summed E-state index contributed by atoms with van der Waals surface area (Å²) in [5.74, 6) is 1.42. The van der Waals surface area contributed by atoms with Gasteiger partial charge in [-0.25, -0.2) is 4.98 Å². The summed E-state index contributed by atoms with van der Waals surface area (Å²) in [4.78, 5) is 14.0. The van der Waals surface area contributed by atoms with Crippen LogP contribution in [0.3, 0.4) is 0 Å². The number of nitrogens with zero attached hydrogens (tertiary/aromatic N) is 3. The van der Waals surface area contributed by atoms with Crippen molar-refractivity contribution >= 4 is 33.3 Å². The van der Waals surface area contributed by atoms with Crippen molar-refractivity contribution in [3.63, 3.8) is 0 Å². The van der Waals surface area contributed by atoms with Crippen LogP contribution in [-0.2, 0) is 12.8 Å². The normalized spacial score (nSPS) is 16.0. The predicted molar refractivity (Wildman–Crippen MR) is 85.7 cm³/mol. The zero-order valence-corrected chi connectivity index (χ0v) is 12.9. The maximum absolute atomic E-state index is 6.22. The first kappa shape index (κ1) is 13.6. The Labute approximate surface area is 123 Å². The molecule has 1 aliphatic rings. The summed E-state index contributed by atoms with van der Waals surface area (Å²) in [6, 6.07) is 0. The maximum atomic E-state index is 6.22. The van der Waals surface area contributed by atoms with Gasteiger partial charge in [-0.05, 0) is 18.4 Å². The van der Waals surface area contributed by atoms with Crippen LogP contribution in [0.5, 0.6) is 0 Å². The van der Waals surface area contributed by atoms with Gasteiger partial charge in [-0.2, -0.15) is 4.98 Å². The lowest BCUT2D eigenvalue weighted by Gasteiger charge is -2.27. The van der Waals surface area contributed by atoms with Crippen LogP contribution in [0, 0.1) is 0 Å². The number of piperazine rings is 1. The summed E-state index contributed by atoms with van der Waals surface area (Å²) < 4.78 is 0. The Morgan fingerprint density at radius 3 is 2.60 bits per heavy atom. The van der Waals surface area contributed by atoms with E-state index < -0.39 is 0 Å². The fourth-order valence-electron chi connectivity index (χ4n) is 2.79. The molecule has 0 spiro atoms. The number of aryl methyl sites for hydroxylation is 2. The van der Waals surface area contributed by atoms with Crippen LogP contribution in [0.25, 0.3) is 10.2 Å². The monoisotopic (exact) mass is 291 g/mol. The number of thiophene rings is 1. The highest BCUT2D eigenvalue weighted by Crippen LogP contribution is 2.35. The van der Waals surface area contributed by atoms with E-state index in [1.807, 2.05) is 0 Å². The molecule has 0 radical (unpaired) electrons. The largest absolute Gasteiger partial charge is 0.383 e.